The van der Waals surface area contributed by atoms with Gasteiger partial charge in [-0.1, -0.05) is 24.3 Å². The van der Waals surface area contributed by atoms with Crippen LogP contribution in [-0.2, 0) is 12.7 Å². The number of hydrogen-bond donors (Lipinski definition) is 1. The highest BCUT2D eigenvalue weighted by Gasteiger charge is 2.38. The zero-order valence-corrected chi connectivity index (χ0v) is 13.8. The Bertz CT molecular complexity index is 931. The molecule has 26 heavy (non-hydrogen) atoms. The summed E-state index contributed by atoms with van der Waals surface area (Å²) in [6.45, 7) is 3.54. The van der Waals surface area contributed by atoms with Crippen LogP contribution in [0.4, 0.5) is 27.8 Å². The van der Waals surface area contributed by atoms with Crippen LogP contribution in [0.1, 0.15) is 34.5 Å². The third-order valence-corrected chi connectivity index (χ3v) is 4.04. The lowest BCUT2D eigenvalue weighted by Gasteiger charge is -2.13. The number of anilines is 1. The first kappa shape index (κ1) is 18.0. The SMILES string of the molecule is Cc1c(NCc2ccc(C(F)F)cc2)nn2c(C(F)(F)F)nnc2c1C. The molecule has 10 heteroatoms. The first-order valence-electron chi connectivity index (χ1n) is 7.59. The molecule has 0 radical (unpaired) electrons. The number of benzene rings is 1. The van der Waals surface area contributed by atoms with E-state index in [9.17, 15) is 22.0 Å². The second-order valence-electron chi connectivity index (χ2n) is 5.75. The molecule has 0 saturated heterocycles. The molecular formula is C16H14F5N5. The molecule has 1 aromatic carbocycles. The molecule has 0 aliphatic rings. The number of nitrogens with one attached hydrogen (secondary N) is 1. The van der Waals surface area contributed by atoms with Gasteiger partial charge in [0.15, 0.2) is 11.5 Å². The average molecular weight is 371 g/mol. The van der Waals surface area contributed by atoms with Crippen molar-refractivity contribution in [3.63, 3.8) is 0 Å². The molecule has 2 aromatic heterocycles. The lowest BCUT2D eigenvalue weighted by molar-refractivity contribution is -0.146. The van der Waals surface area contributed by atoms with Gasteiger partial charge in [-0.05, 0) is 25.0 Å². The Kier molecular flexibility index (Phi) is 4.51. The number of alkyl halides is 5. The third kappa shape index (κ3) is 3.31. The zero-order valence-electron chi connectivity index (χ0n) is 13.8. The maximum Gasteiger partial charge on any atom is 0.453 e. The molecule has 0 aliphatic heterocycles. The smallest absolute Gasteiger partial charge is 0.364 e. The van der Waals surface area contributed by atoms with Gasteiger partial charge in [0, 0.05) is 17.7 Å². The number of aromatic nitrogens is 4. The average Bonchev–Trinajstić information content (AvgIpc) is 3.01. The molecule has 0 saturated carbocycles. The van der Waals surface area contributed by atoms with Crippen molar-refractivity contribution in [3.8, 4) is 0 Å². The molecule has 2 heterocycles. The van der Waals surface area contributed by atoms with Crippen LogP contribution in [0.3, 0.4) is 0 Å². The van der Waals surface area contributed by atoms with Gasteiger partial charge in [-0.3, -0.25) is 0 Å². The van der Waals surface area contributed by atoms with Crippen LogP contribution in [0.2, 0.25) is 0 Å². The molecule has 0 aliphatic carbocycles. The van der Waals surface area contributed by atoms with Crippen LogP contribution in [-0.4, -0.2) is 19.8 Å². The minimum absolute atomic E-state index is 0.0293. The molecular weight excluding hydrogens is 357 g/mol. The summed E-state index contributed by atoms with van der Waals surface area (Å²) in [4.78, 5) is 0. The predicted molar refractivity (Wildman–Crippen MR) is 84.0 cm³/mol. The van der Waals surface area contributed by atoms with E-state index >= 15 is 0 Å². The zero-order chi connectivity index (χ0) is 19.1. The second kappa shape index (κ2) is 6.50. The van der Waals surface area contributed by atoms with E-state index in [1.54, 1.807) is 13.8 Å². The molecule has 0 bridgehead atoms. The van der Waals surface area contributed by atoms with E-state index in [1.165, 1.54) is 24.3 Å². The van der Waals surface area contributed by atoms with Crippen LogP contribution in [0.5, 0.6) is 0 Å². The van der Waals surface area contributed by atoms with Crippen molar-refractivity contribution in [1.82, 2.24) is 19.8 Å². The Balaban J connectivity index is 1.91. The van der Waals surface area contributed by atoms with Gasteiger partial charge in [0.25, 0.3) is 12.2 Å². The summed E-state index contributed by atoms with van der Waals surface area (Å²) in [5.41, 5.74) is 1.76. The highest BCUT2D eigenvalue weighted by Crippen LogP contribution is 2.29. The molecule has 0 amide bonds. The van der Waals surface area contributed by atoms with E-state index in [4.69, 9.17) is 0 Å². The topological polar surface area (TPSA) is 55.1 Å². The summed E-state index contributed by atoms with van der Waals surface area (Å²) in [7, 11) is 0. The fraction of sp³-hybridized carbons (Fsp3) is 0.312. The number of fused-ring (bicyclic) bond motifs is 1. The van der Waals surface area contributed by atoms with Gasteiger partial charge >= 0.3 is 6.18 Å². The van der Waals surface area contributed by atoms with Crippen LogP contribution >= 0.6 is 0 Å². The fourth-order valence-corrected chi connectivity index (χ4v) is 2.44. The van der Waals surface area contributed by atoms with Gasteiger partial charge in [-0.2, -0.15) is 17.7 Å². The number of aryl methyl sites for hydroxylation is 1. The van der Waals surface area contributed by atoms with Crippen LogP contribution in [0.25, 0.3) is 5.65 Å². The number of halogens is 5. The van der Waals surface area contributed by atoms with Gasteiger partial charge < -0.3 is 5.32 Å². The Labute approximate surface area is 144 Å². The van der Waals surface area contributed by atoms with Gasteiger partial charge in [-0.25, -0.2) is 8.78 Å². The van der Waals surface area contributed by atoms with Crippen molar-refractivity contribution < 1.29 is 22.0 Å². The largest absolute Gasteiger partial charge is 0.453 e. The Morgan fingerprint density at radius 2 is 1.69 bits per heavy atom. The normalized spacial score (nSPS) is 12.2. The molecule has 1 N–H and O–H groups in total. The van der Waals surface area contributed by atoms with Gasteiger partial charge in [0.05, 0.1) is 0 Å². The van der Waals surface area contributed by atoms with Gasteiger partial charge in [0.1, 0.15) is 0 Å². The Hall–Kier alpha value is -2.78. The summed E-state index contributed by atoms with van der Waals surface area (Å²) in [6.07, 6.45) is -7.24. The van der Waals surface area contributed by atoms with E-state index in [0.717, 1.165) is 0 Å². The van der Waals surface area contributed by atoms with Crippen molar-refractivity contribution in [2.75, 3.05) is 5.32 Å². The molecule has 0 fully saturated rings. The van der Waals surface area contributed by atoms with Crippen molar-refractivity contribution in [2.45, 2.75) is 33.0 Å². The maximum atomic E-state index is 13.0. The molecule has 3 aromatic rings. The van der Waals surface area contributed by atoms with Crippen molar-refractivity contribution in [1.29, 1.82) is 0 Å². The summed E-state index contributed by atoms with van der Waals surface area (Å²) in [5.74, 6) is -0.974. The molecule has 0 unspecified atom stereocenters. The van der Waals surface area contributed by atoms with Crippen LogP contribution in [0, 0.1) is 13.8 Å². The molecule has 0 spiro atoms. The highest BCUT2D eigenvalue weighted by atomic mass is 19.4. The number of hydrogen-bond acceptors (Lipinski definition) is 4. The van der Waals surface area contributed by atoms with E-state index in [-0.39, 0.29) is 23.6 Å². The van der Waals surface area contributed by atoms with Crippen LogP contribution in [0.15, 0.2) is 24.3 Å². The van der Waals surface area contributed by atoms with E-state index < -0.39 is 18.4 Å². The predicted octanol–water partition coefficient (Wildman–Crippen LogP) is 4.31. The number of rotatable bonds is 4. The Morgan fingerprint density at radius 3 is 2.27 bits per heavy atom. The van der Waals surface area contributed by atoms with E-state index in [1.807, 2.05) is 0 Å². The third-order valence-electron chi connectivity index (χ3n) is 4.04. The minimum atomic E-state index is -4.68. The summed E-state index contributed by atoms with van der Waals surface area (Å²) in [5, 5.41) is 13.6. The first-order valence-corrected chi connectivity index (χ1v) is 7.59. The maximum absolute atomic E-state index is 13.0. The number of nitrogens with zero attached hydrogens (tertiary/aromatic N) is 4. The van der Waals surface area contributed by atoms with Crippen molar-refractivity contribution >= 4 is 11.5 Å². The Morgan fingerprint density at radius 1 is 1.04 bits per heavy atom. The van der Waals surface area contributed by atoms with E-state index in [0.29, 0.717) is 21.2 Å². The lowest BCUT2D eigenvalue weighted by Crippen LogP contribution is -2.15. The van der Waals surface area contributed by atoms with Crippen molar-refractivity contribution in [2.24, 2.45) is 0 Å². The molecule has 138 valence electrons. The van der Waals surface area contributed by atoms with Gasteiger partial charge in [0.2, 0.25) is 0 Å². The first-order chi connectivity index (χ1) is 12.2. The second-order valence-corrected chi connectivity index (χ2v) is 5.75. The summed E-state index contributed by atoms with van der Waals surface area (Å²) < 4.78 is 64.9. The van der Waals surface area contributed by atoms with Gasteiger partial charge in [-0.15, -0.1) is 15.3 Å². The fourth-order valence-electron chi connectivity index (χ4n) is 2.44. The highest BCUT2D eigenvalue weighted by molar-refractivity contribution is 5.58. The molecule has 5 nitrogen and oxygen atoms in total. The molecule has 3 rings (SSSR count). The van der Waals surface area contributed by atoms with Crippen molar-refractivity contribution in [3.05, 3.63) is 52.3 Å². The van der Waals surface area contributed by atoms with E-state index in [2.05, 4.69) is 20.6 Å². The minimum Gasteiger partial charge on any atom is -0.364 e. The monoisotopic (exact) mass is 371 g/mol. The van der Waals surface area contributed by atoms with Crippen LogP contribution < -0.4 is 5.32 Å². The standard InChI is InChI=1S/C16H14F5N5/c1-8-9(2)14-23-24-15(16(19,20)21)26(14)25-13(8)22-7-10-3-5-11(6-4-10)12(17)18/h3-6,12H,7H2,1-2H3,(H,22,25). The molecule has 0 atom stereocenters. The summed E-state index contributed by atoms with van der Waals surface area (Å²) in [6, 6.07) is 5.65. The summed E-state index contributed by atoms with van der Waals surface area (Å²) >= 11 is 0. The quantitative estimate of drug-likeness (QED) is 0.695. The lowest BCUT2D eigenvalue weighted by atomic mass is 10.1.